The van der Waals surface area contributed by atoms with Crippen molar-refractivity contribution in [3.63, 3.8) is 0 Å². The first-order valence-corrected chi connectivity index (χ1v) is 7.72. The number of hydrogen-bond acceptors (Lipinski definition) is 7. The van der Waals surface area contributed by atoms with E-state index < -0.39 is 0 Å². The Kier molecular flexibility index (Phi) is 6.16. The van der Waals surface area contributed by atoms with Gasteiger partial charge in [0.1, 0.15) is 12.0 Å². The number of nitrogens with zero attached hydrogens (tertiary/aromatic N) is 3. The van der Waals surface area contributed by atoms with Crippen molar-refractivity contribution in [2.45, 2.75) is 6.92 Å². The van der Waals surface area contributed by atoms with Crippen LogP contribution in [0, 0.1) is 0 Å². The Labute approximate surface area is 144 Å². The number of rotatable bonds is 7. The molecule has 9 heteroatoms. The molecule has 0 aliphatic heterocycles. The molecule has 1 amide bonds. The number of aliphatic hydroxyl groups excluding tert-OH is 1. The lowest BCUT2D eigenvalue weighted by Gasteiger charge is -2.23. The van der Waals surface area contributed by atoms with Crippen LogP contribution in [0.1, 0.15) is 17.3 Å². The summed E-state index contributed by atoms with van der Waals surface area (Å²) in [6.45, 7) is 2.92. The van der Waals surface area contributed by atoms with Crippen molar-refractivity contribution >= 4 is 34.8 Å². The molecule has 1 aromatic carbocycles. The number of nitrogen functional groups attached to an aromatic ring is 1. The molecule has 0 saturated carbocycles. The highest BCUT2D eigenvalue weighted by atomic mass is 35.5. The summed E-state index contributed by atoms with van der Waals surface area (Å²) in [6.07, 6.45) is 1.34. The topological polar surface area (TPSA) is 116 Å². The Morgan fingerprint density at radius 1 is 1.33 bits per heavy atom. The fourth-order valence-electron chi connectivity index (χ4n) is 2.06. The van der Waals surface area contributed by atoms with Gasteiger partial charge in [-0.2, -0.15) is 0 Å². The van der Waals surface area contributed by atoms with Crippen LogP contribution in [0.5, 0.6) is 0 Å². The van der Waals surface area contributed by atoms with Crippen molar-refractivity contribution < 1.29 is 9.90 Å². The summed E-state index contributed by atoms with van der Waals surface area (Å²) in [5.41, 5.74) is 12.0. The van der Waals surface area contributed by atoms with Crippen molar-refractivity contribution in [3.8, 4) is 0 Å². The molecule has 0 fully saturated rings. The minimum absolute atomic E-state index is 0.0205. The SMILES string of the molecule is CCN(CCO)c1ncnc(NNC(=O)c2ccc(Cl)cc2)c1N. The third-order valence-electron chi connectivity index (χ3n) is 3.31. The Morgan fingerprint density at radius 2 is 2.04 bits per heavy atom. The zero-order chi connectivity index (χ0) is 17.5. The molecule has 2 aromatic rings. The summed E-state index contributed by atoms with van der Waals surface area (Å²) in [7, 11) is 0. The smallest absolute Gasteiger partial charge is 0.269 e. The van der Waals surface area contributed by atoms with E-state index >= 15 is 0 Å². The van der Waals surface area contributed by atoms with E-state index in [-0.39, 0.29) is 24.0 Å². The summed E-state index contributed by atoms with van der Waals surface area (Å²) in [5.74, 6) is 0.414. The van der Waals surface area contributed by atoms with Gasteiger partial charge in [0, 0.05) is 23.7 Å². The molecular formula is C15H19ClN6O2. The molecule has 1 aromatic heterocycles. The molecule has 0 spiro atoms. The second-order valence-electron chi connectivity index (χ2n) is 4.85. The first-order valence-electron chi connectivity index (χ1n) is 7.35. The van der Waals surface area contributed by atoms with Gasteiger partial charge in [0.05, 0.1) is 6.61 Å². The highest BCUT2D eigenvalue weighted by Gasteiger charge is 2.14. The standard InChI is InChI=1S/C15H19ClN6O2/c1-2-22(7-8-23)14-12(17)13(18-9-19-14)20-21-15(24)10-3-5-11(16)6-4-10/h3-6,9,23H,2,7-8,17H2,1H3,(H,21,24)(H,18,19,20). The third kappa shape index (κ3) is 4.24. The van der Waals surface area contributed by atoms with Crippen LogP contribution in [-0.2, 0) is 0 Å². The highest BCUT2D eigenvalue weighted by Crippen LogP contribution is 2.25. The van der Waals surface area contributed by atoms with Gasteiger partial charge in [0.15, 0.2) is 11.6 Å². The second kappa shape index (κ2) is 8.32. The number of hydrogen-bond donors (Lipinski definition) is 4. The Hall–Kier alpha value is -2.58. The van der Waals surface area contributed by atoms with Gasteiger partial charge in [-0.25, -0.2) is 9.97 Å². The van der Waals surface area contributed by atoms with E-state index in [2.05, 4.69) is 20.8 Å². The summed E-state index contributed by atoms with van der Waals surface area (Å²) in [6, 6.07) is 6.46. The number of halogens is 1. The maximum Gasteiger partial charge on any atom is 0.269 e. The lowest BCUT2D eigenvalue weighted by molar-refractivity contribution is 0.0962. The van der Waals surface area contributed by atoms with Gasteiger partial charge in [-0.1, -0.05) is 11.6 Å². The first kappa shape index (κ1) is 17.8. The van der Waals surface area contributed by atoms with Crippen LogP contribution < -0.4 is 21.5 Å². The van der Waals surface area contributed by atoms with Crippen molar-refractivity contribution in [2.24, 2.45) is 0 Å². The maximum atomic E-state index is 12.1. The molecule has 5 N–H and O–H groups in total. The number of aromatic nitrogens is 2. The highest BCUT2D eigenvalue weighted by molar-refractivity contribution is 6.30. The van der Waals surface area contributed by atoms with E-state index in [1.54, 1.807) is 24.3 Å². The lowest BCUT2D eigenvalue weighted by atomic mass is 10.2. The molecule has 0 saturated heterocycles. The number of likely N-dealkylation sites (N-methyl/N-ethyl adjacent to an activating group) is 1. The zero-order valence-electron chi connectivity index (χ0n) is 13.2. The number of benzene rings is 1. The molecule has 0 aliphatic rings. The predicted molar refractivity (Wildman–Crippen MR) is 94.0 cm³/mol. The van der Waals surface area contributed by atoms with Crippen molar-refractivity contribution in [1.82, 2.24) is 15.4 Å². The zero-order valence-corrected chi connectivity index (χ0v) is 13.9. The predicted octanol–water partition coefficient (Wildman–Crippen LogP) is 1.29. The fourth-order valence-corrected chi connectivity index (χ4v) is 2.19. The number of nitrogens with two attached hydrogens (primary N) is 1. The summed E-state index contributed by atoms with van der Waals surface area (Å²) in [4.78, 5) is 22.0. The molecule has 8 nitrogen and oxygen atoms in total. The third-order valence-corrected chi connectivity index (χ3v) is 3.57. The van der Waals surface area contributed by atoms with Gasteiger partial charge < -0.3 is 15.7 Å². The molecular weight excluding hydrogens is 332 g/mol. The van der Waals surface area contributed by atoms with E-state index in [0.29, 0.717) is 29.5 Å². The minimum Gasteiger partial charge on any atom is -0.395 e. The molecule has 24 heavy (non-hydrogen) atoms. The Balaban J connectivity index is 2.10. The summed E-state index contributed by atoms with van der Waals surface area (Å²) in [5, 5.41) is 9.65. The van der Waals surface area contributed by atoms with Crippen LogP contribution in [0.4, 0.5) is 17.3 Å². The fraction of sp³-hybridized carbons (Fsp3) is 0.267. The van der Waals surface area contributed by atoms with E-state index in [0.717, 1.165) is 0 Å². The molecule has 0 unspecified atom stereocenters. The molecule has 0 radical (unpaired) electrons. The minimum atomic E-state index is -0.353. The lowest BCUT2D eigenvalue weighted by Crippen LogP contribution is -2.32. The average Bonchev–Trinajstić information content (AvgIpc) is 2.59. The quantitative estimate of drug-likeness (QED) is 0.556. The first-order chi connectivity index (χ1) is 11.6. The molecule has 0 atom stereocenters. The van der Waals surface area contributed by atoms with Gasteiger partial charge in [0.2, 0.25) is 0 Å². The van der Waals surface area contributed by atoms with Gasteiger partial charge in [-0.05, 0) is 31.2 Å². The summed E-state index contributed by atoms with van der Waals surface area (Å²) >= 11 is 5.79. The molecule has 2 rings (SSSR count). The number of hydrazine groups is 1. The van der Waals surface area contributed by atoms with E-state index in [1.807, 2.05) is 11.8 Å². The van der Waals surface area contributed by atoms with Crippen LogP contribution in [-0.4, -0.2) is 40.7 Å². The summed E-state index contributed by atoms with van der Waals surface area (Å²) < 4.78 is 0. The normalized spacial score (nSPS) is 10.3. The molecule has 1 heterocycles. The average molecular weight is 351 g/mol. The Bertz CT molecular complexity index is 695. The van der Waals surface area contributed by atoms with E-state index in [4.69, 9.17) is 22.4 Å². The van der Waals surface area contributed by atoms with Crippen molar-refractivity contribution in [1.29, 1.82) is 0 Å². The van der Waals surface area contributed by atoms with Crippen LogP contribution in [0.15, 0.2) is 30.6 Å². The number of carbonyl (C=O) groups excluding carboxylic acids is 1. The van der Waals surface area contributed by atoms with Gasteiger partial charge in [0.25, 0.3) is 5.91 Å². The number of aliphatic hydroxyl groups is 1. The van der Waals surface area contributed by atoms with Crippen LogP contribution in [0.3, 0.4) is 0 Å². The van der Waals surface area contributed by atoms with Gasteiger partial charge >= 0.3 is 0 Å². The van der Waals surface area contributed by atoms with Crippen LogP contribution in [0.25, 0.3) is 0 Å². The molecule has 0 aliphatic carbocycles. The number of anilines is 3. The second-order valence-corrected chi connectivity index (χ2v) is 5.29. The van der Waals surface area contributed by atoms with E-state index in [9.17, 15) is 4.79 Å². The number of carbonyl (C=O) groups is 1. The van der Waals surface area contributed by atoms with E-state index in [1.165, 1.54) is 6.33 Å². The monoisotopic (exact) mass is 350 g/mol. The van der Waals surface area contributed by atoms with Crippen molar-refractivity contribution in [3.05, 3.63) is 41.2 Å². The molecule has 128 valence electrons. The number of nitrogens with one attached hydrogen (secondary N) is 2. The van der Waals surface area contributed by atoms with Gasteiger partial charge in [-0.15, -0.1) is 0 Å². The van der Waals surface area contributed by atoms with Crippen molar-refractivity contribution in [2.75, 3.05) is 35.8 Å². The van der Waals surface area contributed by atoms with Gasteiger partial charge in [-0.3, -0.25) is 15.6 Å². The van der Waals surface area contributed by atoms with Crippen LogP contribution >= 0.6 is 11.6 Å². The maximum absolute atomic E-state index is 12.1. The largest absolute Gasteiger partial charge is 0.395 e. The number of amides is 1. The molecule has 0 bridgehead atoms. The Morgan fingerprint density at radius 3 is 2.67 bits per heavy atom. The van der Waals surface area contributed by atoms with Crippen LogP contribution in [0.2, 0.25) is 5.02 Å².